The Balaban J connectivity index is 3.02. The second-order valence-electron chi connectivity index (χ2n) is 5.20. The van der Waals surface area contributed by atoms with Crippen LogP contribution in [0.2, 0.25) is 0 Å². The normalized spacial score (nSPS) is 11.7. The number of aliphatic carboxylic acids is 1. The number of carboxylic acids is 1. The number of pyridine rings is 1. The largest absolute Gasteiger partial charge is 0.481 e. The molecule has 0 saturated heterocycles. The Bertz CT molecular complexity index is 501. The van der Waals surface area contributed by atoms with Crippen LogP contribution in [0.15, 0.2) is 18.2 Å². The van der Waals surface area contributed by atoms with Crippen LogP contribution in [0.1, 0.15) is 33.4 Å². The molecule has 2 N–H and O–H groups in total. The third kappa shape index (κ3) is 2.59. The van der Waals surface area contributed by atoms with Gasteiger partial charge >= 0.3 is 5.97 Å². The topological polar surface area (TPSA) is 86.0 Å². The van der Waals surface area contributed by atoms with Crippen LogP contribution in [0.4, 0.5) is 5.82 Å². The maximum atomic E-state index is 11.3. The first-order valence-corrected chi connectivity index (χ1v) is 5.59. The van der Waals surface area contributed by atoms with Gasteiger partial charge in [0.15, 0.2) is 0 Å². The number of nitriles is 1. The van der Waals surface area contributed by atoms with Gasteiger partial charge in [-0.3, -0.25) is 4.79 Å². The molecule has 0 aliphatic heterocycles. The lowest BCUT2D eigenvalue weighted by atomic mass is 9.74. The zero-order valence-corrected chi connectivity index (χ0v) is 11.0. The first-order chi connectivity index (χ1) is 8.20. The average molecular weight is 247 g/mol. The predicted molar refractivity (Wildman–Crippen MR) is 68.1 cm³/mol. The van der Waals surface area contributed by atoms with Crippen molar-refractivity contribution in [2.24, 2.45) is 5.41 Å². The molecule has 0 amide bonds. The van der Waals surface area contributed by atoms with Crippen LogP contribution in [0.3, 0.4) is 0 Å². The number of nitrogens with zero attached hydrogens (tertiary/aromatic N) is 2. The number of aromatic nitrogens is 1. The Hall–Kier alpha value is -2.09. The van der Waals surface area contributed by atoms with Gasteiger partial charge in [0.05, 0.1) is 5.41 Å². The fraction of sp³-hybridized carbons (Fsp3) is 0.462. The molecule has 0 spiro atoms. The van der Waals surface area contributed by atoms with Gasteiger partial charge in [-0.25, -0.2) is 4.98 Å². The Morgan fingerprint density at radius 3 is 2.50 bits per heavy atom. The van der Waals surface area contributed by atoms with E-state index in [9.17, 15) is 9.90 Å². The molecule has 0 saturated carbocycles. The third-order valence-corrected chi connectivity index (χ3v) is 3.40. The van der Waals surface area contributed by atoms with Crippen molar-refractivity contribution < 1.29 is 9.90 Å². The van der Waals surface area contributed by atoms with Gasteiger partial charge in [0, 0.05) is 5.54 Å². The zero-order valence-electron chi connectivity index (χ0n) is 11.0. The molecular formula is C13H17N3O2. The summed E-state index contributed by atoms with van der Waals surface area (Å²) in [6.45, 7) is 6.89. The summed E-state index contributed by atoms with van der Waals surface area (Å²) in [4.78, 5) is 15.4. The van der Waals surface area contributed by atoms with E-state index in [0.29, 0.717) is 11.5 Å². The molecule has 0 radical (unpaired) electrons. The number of rotatable bonds is 4. The van der Waals surface area contributed by atoms with Gasteiger partial charge in [-0.15, -0.1) is 0 Å². The van der Waals surface area contributed by atoms with Gasteiger partial charge in [0.2, 0.25) is 0 Å². The van der Waals surface area contributed by atoms with E-state index in [2.05, 4.69) is 10.3 Å². The van der Waals surface area contributed by atoms with Crippen molar-refractivity contribution >= 4 is 11.8 Å². The first kappa shape index (κ1) is 14.0. The van der Waals surface area contributed by atoms with Crippen molar-refractivity contribution in [1.82, 2.24) is 4.98 Å². The predicted octanol–water partition coefficient (Wildman–Crippen LogP) is 2.25. The fourth-order valence-corrected chi connectivity index (χ4v) is 1.31. The highest BCUT2D eigenvalue weighted by Gasteiger charge is 2.43. The molecule has 0 aliphatic rings. The lowest BCUT2D eigenvalue weighted by Gasteiger charge is -2.39. The van der Waals surface area contributed by atoms with E-state index >= 15 is 0 Å². The van der Waals surface area contributed by atoms with Crippen LogP contribution in [-0.4, -0.2) is 21.6 Å². The molecule has 0 unspecified atom stereocenters. The lowest BCUT2D eigenvalue weighted by Crippen LogP contribution is -2.50. The van der Waals surface area contributed by atoms with Gasteiger partial charge in [0.1, 0.15) is 17.6 Å². The average Bonchev–Trinajstić information content (AvgIpc) is 2.28. The van der Waals surface area contributed by atoms with E-state index < -0.39 is 16.9 Å². The Morgan fingerprint density at radius 1 is 1.39 bits per heavy atom. The van der Waals surface area contributed by atoms with E-state index in [-0.39, 0.29) is 0 Å². The maximum Gasteiger partial charge on any atom is 0.311 e. The third-order valence-electron chi connectivity index (χ3n) is 3.40. The summed E-state index contributed by atoms with van der Waals surface area (Å²) in [5, 5.41) is 21.1. The van der Waals surface area contributed by atoms with Gasteiger partial charge in [-0.05, 0) is 39.8 Å². The maximum absolute atomic E-state index is 11.3. The molecule has 5 nitrogen and oxygen atoms in total. The van der Waals surface area contributed by atoms with Crippen molar-refractivity contribution in [3.05, 3.63) is 23.9 Å². The number of anilines is 1. The molecule has 5 heteroatoms. The standard InChI is InChI=1S/C13H17N3O2/c1-12(2,11(17)18)13(3,4)16-10-7-5-6-9(8-14)15-10/h5-7H,1-4H3,(H,15,16)(H,17,18). The molecule has 0 aliphatic carbocycles. The minimum atomic E-state index is -0.975. The van der Waals surface area contributed by atoms with Gasteiger partial charge in [0.25, 0.3) is 0 Å². The highest BCUT2D eigenvalue weighted by Crippen LogP contribution is 2.33. The summed E-state index contributed by atoms with van der Waals surface area (Å²) in [6, 6.07) is 6.96. The number of hydrogen-bond acceptors (Lipinski definition) is 4. The first-order valence-electron chi connectivity index (χ1n) is 5.59. The van der Waals surface area contributed by atoms with Crippen LogP contribution in [-0.2, 0) is 4.79 Å². The van der Waals surface area contributed by atoms with Crippen LogP contribution >= 0.6 is 0 Å². The van der Waals surface area contributed by atoms with Crippen LogP contribution < -0.4 is 5.32 Å². The summed E-state index contributed by atoms with van der Waals surface area (Å²) in [5.74, 6) is -0.398. The highest BCUT2D eigenvalue weighted by atomic mass is 16.4. The second-order valence-corrected chi connectivity index (χ2v) is 5.20. The smallest absolute Gasteiger partial charge is 0.311 e. The van der Waals surface area contributed by atoms with E-state index in [1.807, 2.05) is 6.07 Å². The molecule has 18 heavy (non-hydrogen) atoms. The second kappa shape index (κ2) is 4.65. The van der Waals surface area contributed by atoms with Crippen LogP contribution in [0.5, 0.6) is 0 Å². The quantitative estimate of drug-likeness (QED) is 0.852. The van der Waals surface area contributed by atoms with Crippen LogP contribution in [0, 0.1) is 16.7 Å². The molecule has 96 valence electrons. The molecule has 0 fully saturated rings. The van der Waals surface area contributed by atoms with Gasteiger partial charge in [-0.2, -0.15) is 5.26 Å². The molecule has 1 heterocycles. The molecule has 0 bridgehead atoms. The Labute approximate surface area is 106 Å². The van der Waals surface area contributed by atoms with E-state index in [1.54, 1.807) is 45.9 Å². The molecule has 0 aromatic carbocycles. The summed E-state index contributed by atoms with van der Waals surface area (Å²) >= 11 is 0. The molecule has 1 rings (SSSR count). The number of nitrogens with one attached hydrogen (secondary N) is 1. The molecule has 1 aromatic heterocycles. The van der Waals surface area contributed by atoms with Crippen molar-refractivity contribution in [3.63, 3.8) is 0 Å². The summed E-state index contributed by atoms with van der Waals surface area (Å²) in [5.41, 5.74) is -1.39. The monoisotopic (exact) mass is 247 g/mol. The SMILES string of the molecule is CC(C)(Nc1cccc(C#N)n1)C(C)(C)C(=O)O. The summed E-state index contributed by atoms with van der Waals surface area (Å²) in [6.07, 6.45) is 0. The Morgan fingerprint density at radius 2 is 2.00 bits per heavy atom. The van der Waals surface area contributed by atoms with Crippen molar-refractivity contribution in [3.8, 4) is 6.07 Å². The Kier molecular flexibility index (Phi) is 3.61. The molecule has 1 aromatic rings. The minimum Gasteiger partial charge on any atom is -0.481 e. The van der Waals surface area contributed by atoms with E-state index in [1.165, 1.54) is 0 Å². The van der Waals surface area contributed by atoms with Gasteiger partial charge in [-0.1, -0.05) is 6.07 Å². The van der Waals surface area contributed by atoms with E-state index in [0.717, 1.165) is 0 Å². The van der Waals surface area contributed by atoms with Crippen molar-refractivity contribution in [1.29, 1.82) is 5.26 Å². The van der Waals surface area contributed by atoms with Crippen LogP contribution in [0.25, 0.3) is 0 Å². The number of hydrogen-bond donors (Lipinski definition) is 2. The highest BCUT2D eigenvalue weighted by molar-refractivity contribution is 5.76. The minimum absolute atomic E-state index is 0.295. The molecular weight excluding hydrogens is 230 g/mol. The summed E-state index contributed by atoms with van der Waals surface area (Å²) in [7, 11) is 0. The number of carboxylic acid groups (broad SMARTS) is 1. The number of carbonyl (C=O) groups is 1. The lowest BCUT2D eigenvalue weighted by molar-refractivity contribution is -0.149. The van der Waals surface area contributed by atoms with Crippen molar-refractivity contribution in [2.45, 2.75) is 33.2 Å². The van der Waals surface area contributed by atoms with Gasteiger partial charge < -0.3 is 10.4 Å². The van der Waals surface area contributed by atoms with E-state index in [4.69, 9.17) is 5.26 Å². The summed E-state index contributed by atoms with van der Waals surface area (Å²) < 4.78 is 0. The fourth-order valence-electron chi connectivity index (χ4n) is 1.31. The molecule has 0 atom stereocenters. The van der Waals surface area contributed by atoms with Crippen molar-refractivity contribution in [2.75, 3.05) is 5.32 Å². The zero-order chi connectivity index (χ0) is 14.0.